The normalized spacial score (nSPS) is 16.1. The van der Waals surface area contributed by atoms with Gasteiger partial charge in [0.2, 0.25) is 0 Å². The molecule has 1 aliphatic carbocycles. The second-order valence-corrected chi connectivity index (χ2v) is 5.48. The summed E-state index contributed by atoms with van der Waals surface area (Å²) in [5.74, 6) is 1.34. The van der Waals surface area contributed by atoms with Crippen molar-refractivity contribution in [3.63, 3.8) is 0 Å². The molecule has 1 aliphatic rings. The zero-order valence-corrected chi connectivity index (χ0v) is 11.4. The number of nitrogens with zero attached hydrogens (tertiary/aromatic N) is 2. The topological polar surface area (TPSA) is 68.1 Å². The lowest BCUT2D eigenvalue weighted by Gasteiger charge is -2.13. The molecular formula is C15H17N3O2. The number of nitrogens with one attached hydrogen (secondary N) is 1. The van der Waals surface area contributed by atoms with Gasteiger partial charge in [0.05, 0.1) is 15.8 Å². The Morgan fingerprint density at radius 2 is 2.25 bits per heavy atom. The first kappa shape index (κ1) is 12.8. The van der Waals surface area contributed by atoms with Crippen LogP contribution in [0, 0.1) is 22.0 Å². The third kappa shape index (κ3) is 2.43. The van der Waals surface area contributed by atoms with E-state index in [-0.39, 0.29) is 10.6 Å². The second kappa shape index (κ2) is 5.07. The molecule has 3 rings (SSSR count). The lowest BCUT2D eigenvalue weighted by atomic mass is 10.1. The maximum absolute atomic E-state index is 11.4. The van der Waals surface area contributed by atoms with E-state index in [4.69, 9.17) is 0 Å². The van der Waals surface area contributed by atoms with E-state index in [0.29, 0.717) is 22.5 Å². The molecule has 2 aromatic rings. The highest BCUT2D eigenvalue weighted by atomic mass is 16.6. The van der Waals surface area contributed by atoms with Gasteiger partial charge in [-0.25, -0.2) is 0 Å². The molecule has 1 aromatic heterocycles. The lowest BCUT2D eigenvalue weighted by molar-refractivity contribution is -0.382. The molecule has 1 N–H and O–H groups in total. The molecule has 104 valence electrons. The highest BCUT2D eigenvalue weighted by Crippen LogP contribution is 2.37. The fourth-order valence-corrected chi connectivity index (χ4v) is 2.58. The number of anilines is 1. The van der Waals surface area contributed by atoms with Crippen LogP contribution in [0.15, 0.2) is 30.5 Å². The standard InChI is InChI=1S/C15H17N3O2/c1-10(11-4-5-11)9-17-14-7-6-13-12(3-2-8-16-13)15(14)18(19)20/h2-3,6-8,10-11,17H,4-5,9H2,1H3. The van der Waals surface area contributed by atoms with Crippen molar-refractivity contribution in [2.45, 2.75) is 19.8 Å². The molecule has 20 heavy (non-hydrogen) atoms. The number of hydrogen-bond donors (Lipinski definition) is 1. The summed E-state index contributed by atoms with van der Waals surface area (Å²) in [6.07, 6.45) is 4.22. The fourth-order valence-electron chi connectivity index (χ4n) is 2.58. The number of aromatic nitrogens is 1. The lowest BCUT2D eigenvalue weighted by Crippen LogP contribution is -2.13. The maximum atomic E-state index is 11.4. The number of hydrogen-bond acceptors (Lipinski definition) is 4. The van der Waals surface area contributed by atoms with E-state index >= 15 is 0 Å². The monoisotopic (exact) mass is 271 g/mol. The fraction of sp³-hybridized carbons (Fsp3) is 0.400. The van der Waals surface area contributed by atoms with Crippen LogP contribution in [0.1, 0.15) is 19.8 Å². The molecule has 0 amide bonds. The first-order valence-electron chi connectivity index (χ1n) is 6.93. The first-order chi connectivity index (χ1) is 9.66. The molecule has 5 heteroatoms. The van der Waals surface area contributed by atoms with Crippen molar-refractivity contribution >= 4 is 22.3 Å². The summed E-state index contributed by atoms with van der Waals surface area (Å²) >= 11 is 0. The van der Waals surface area contributed by atoms with Crippen molar-refractivity contribution in [3.05, 3.63) is 40.6 Å². The molecule has 1 saturated carbocycles. The van der Waals surface area contributed by atoms with Gasteiger partial charge in [-0.2, -0.15) is 0 Å². The summed E-state index contributed by atoms with van der Waals surface area (Å²) in [5.41, 5.74) is 1.36. The summed E-state index contributed by atoms with van der Waals surface area (Å²) in [6.45, 7) is 2.97. The zero-order valence-electron chi connectivity index (χ0n) is 11.4. The highest BCUT2D eigenvalue weighted by molar-refractivity contribution is 5.94. The van der Waals surface area contributed by atoms with Crippen molar-refractivity contribution in [2.24, 2.45) is 11.8 Å². The Hall–Kier alpha value is -2.17. The van der Waals surface area contributed by atoms with Gasteiger partial charge in [-0.05, 0) is 48.9 Å². The molecular weight excluding hydrogens is 254 g/mol. The van der Waals surface area contributed by atoms with Crippen LogP contribution in [0.5, 0.6) is 0 Å². The van der Waals surface area contributed by atoms with E-state index in [2.05, 4.69) is 17.2 Å². The third-order valence-corrected chi connectivity index (χ3v) is 3.98. The molecule has 1 heterocycles. The minimum Gasteiger partial charge on any atom is -0.379 e. The molecule has 0 aliphatic heterocycles. The van der Waals surface area contributed by atoms with Crippen molar-refractivity contribution < 1.29 is 4.92 Å². The molecule has 1 atom stereocenters. The van der Waals surface area contributed by atoms with Gasteiger partial charge in [-0.15, -0.1) is 0 Å². The van der Waals surface area contributed by atoms with Crippen LogP contribution in [0.4, 0.5) is 11.4 Å². The van der Waals surface area contributed by atoms with Gasteiger partial charge in [-0.3, -0.25) is 15.1 Å². The maximum Gasteiger partial charge on any atom is 0.301 e. The number of fused-ring (bicyclic) bond motifs is 1. The SMILES string of the molecule is CC(CNc1ccc2ncccc2c1[N+](=O)[O-])C1CC1. The van der Waals surface area contributed by atoms with Crippen LogP contribution >= 0.6 is 0 Å². The van der Waals surface area contributed by atoms with Gasteiger partial charge in [-0.1, -0.05) is 6.92 Å². The average Bonchev–Trinajstić information content (AvgIpc) is 3.28. The number of benzene rings is 1. The highest BCUT2D eigenvalue weighted by Gasteiger charge is 2.28. The van der Waals surface area contributed by atoms with Crippen LogP contribution in [0.25, 0.3) is 10.9 Å². The molecule has 0 spiro atoms. The van der Waals surface area contributed by atoms with Gasteiger partial charge in [0.15, 0.2) is 0 Å². The minimum absolute atomic E-state index is 0.124. The summed E-state index contributed by atoms with van der Waals surface area (Å²) in [7, 11) is 0. The molecule has 0 saturated heterocycles. The number of nitro benzene ring substituents is 1. The van der Waals surface area contributed by atoms with E-state index in [1.807, 2.05) is 6.07 Å². The quantitative estimate of drug-likeness (QED) is 0.666. The van der Waals surface area contributed by atoms with Crippen molar-refractivity contribution in [1.82, 2.24) is 4.98 Å². The van der Waals surface area contributed by atoms with Gasteiger partial charge in [0.1, 0.15) is 5.69 Å². The number of rotatable bonds is 5. The zero-order chi connectivity index (χ0) is 14.1. The van der Waals surface area contributed by atoms with E-state index in [0.717, 1.165) is 12.5 Å². The van der Waals surface area contributed by atoms with Crippen LogP contribution in [0.2, 0.25) is 0 Å². The van der Waals surface area contributed by atoms with E-state index in [1.54, 1.807) is 24.4 Å². The summed E-state index contributed by atoms with van der Waals surface area (Å²) in [6, 6.07) is 7.06. The predicted molar refractivity (Wildman–Crippen MR) is 78.8 cm³/mol. The van der Waals surface area contributed by atoms with Crippen molar-refractivity contribution in [1.29, 1.82) is 0 Å². The average molecular weight is 271 g/mol. The van der Waals surface area contributed by atoms with Crippen LogP contribution in [-0.2, 0) is 0 Å². The molecule has 0 bridgehead atoms. The van der Waals surface area contributed by atoms with E-state index < -0.39 is 0 Å². The Morgan fingerprint density at radius 1 is 1.45 bits per heavy atom. The Kier molecular flexibility index (Phi) is 3.26. The van der Waals surface area contributed by atoms with E-state index in [9.17, 15) is 10.1 Å². The molecule has 1 unspecified atom stereocenters. The van der Waals surface area contributed by atoms with Gasteiger partial charge < -0.3 is 5.32 Å². The van der Waals surface area contributed by atoms with Gasteiger partial charge in [0.25, 0.3) is 0 Å². The van der Waals surface area contributed by atoms with Gasteiger partial charge in [0, 0.05) is 12.7 Å². The Labute approximate surface area is 117 Å². The van der Waals surface area contributed by atoms with Gasteiger partial charge >= 0.3 is 5.69 Å². The molecule has 1 aromatic carbocycles. The predicted octanol–water partition coefficient (Wildman–Crippen LogP) is 3.60. The third-order valence-electron chi connectivity index (χ3n) is 3.98. The Bertz CT molecular complexity index is 653. The van der Waals surface area contributed by atoms with Crippen LogP contribution in [-0.4, -0.2) is 16.5 Å². The van der Waals surface area contributed by atoms with Crippen LogP contribution in [0.3, 0.4) is 0 Å². The smallest absolute Gasteiger partial charge is 0.301 e. The molecule has 5 nitrogen and oxygen atoms in total. The van der Waals surface area contributed by atoms with Crippen molar-refractivity contribution in [2.75, 3.05) is 11.9 Å². The Balaban J connectivity index is 1.92. The summed E-state index contributed by atoms with van der Waals surface area (Å²) < 4.78 is 0. The largest absolute Gasteiger partial charge is 0.379 e. The number of nitro groups is 1. The number of pyridine rings is 1. The molecule has 1 fully saturated rings. The summed E-state index contributed by atoms with van der Waals surface area (Å²) in [4.78, 5) is 15.2. The van der Waals surface area contributed by atoms with Crippen molar-refractivity contribution in [3.8, 4) is 0 Å². The van der Waals surface area contributed by atoms with E-state index in [1.165, 1.54) is 12.8 Å². The van der Waals surface area contributed by atoms with Crippen LogP contribution < -0.4 is 5.32 Å². The summed E-state index contributed by atoms with van der Waals surface area (Å²) in [5, 5.41) is 15.2. The Morgan fingerprint density at radius 3 is 2.95 bits per heavy atom. The molecule has 0 radical (unpaired) electrons. The second-order valence-electron chi connectivity index (χ2n) is 5.48. The minimum atomic E-state index is -0.325. The first-order valence-corrected chi connectivity index (χ1v) is 6.93.